The second-order valence-corrected chi connectivity index (χ2v) is 5.90. The van der Waals surface area contributed by atoms with E-state index in [1.807, 2.05) is 20.8 Å². The van der Waals surface area contributed by atoms with Crippen LogP contribution in [-0.2, 0) is 9.53 Å². The monoisotopic (exact) mass is 227 g/mol. The molecule has 0 amide bonds. The number of hydrogen-bond donors (Lipinski definition) is 1. The number of carbonyl (C=O) groups is 1. The zero-order valence-electron chi connectivity index (χ0n) is 11.1. The van der Waals surface area contributed by atoms with Crippen LogP contribution in [0.3, 0.4) is 0 Å². The van der Waals surface area contributed by atoms with Crippen molar-refractivity contribution in [2.75, 3.05) is 13.1 Å². The number of hydrogen-bond acceptors (Lipinski definition) is 3. The van der Waals surface area contributed by atoms with E-state index < -0.39 is 0 Å². The second kappa shape index (κ2) is 5.17. The van der Waals surface area contributed by atoms with Crippen LogP contribution in [0.1, 0.15) is 53.4 Å². The maximum atomic E-state index is 11.5. The van der Waals surface area contributed by atoms with Crippen molar-refractivity contribution in [2.45, 2.75) is 59.0 Å². The zero-order valence-corrected chi connectivity index (χ0v) is 11.1. The van der Waals surface area contributed by atoms with Crippen molar-refractivity contribution in [1.29, 1.82) is 0 Å². The number of rotatable bonds is 5. The lowest BCUT2D eigenvalue weighted by molar-refractivity contribution is -0.153. The molecule has 1 rings (SSSR count). The zero-order chi connectivity index (χ0) is 12.2. The fourth-order valence-electron chi connectivity index (χ4n) is 2.14. The maximum Gasteiger partial charge on any atom is 0.320 e. The quantitative estimate of drug-likeness (QED) is 0.733. The lowest BCUT2D eigenvalue weighted by Gasteiger charge is -2.41. The van der Waals surface area contributed by atoms with Crippen LogP contribution in [0.4, 0.5) is 0 Å². The van der Waals surface area contributed by atoms with Gasteiger partial charge in [-0.1, -0.05) is 13.3 Å². The van der Waals surface area contributed by atoms with E-state index in [4.69, 9.17) is 4.74 Å². The van der Waals surface area contributed by atoms with Gasteiger partial charge in [-0.25, -0.2) is 0 Å². The van der Waals surface area contributed by atoms with E-state index >= 15 is 0 Å². The Hall–Kier alpha value is -0.570. The summed E-state index contributed by atoms with van der Waals surface area (Å²) in [6, 6.07) is 0. The normalized spacial score (nSPS) is 19.0. The molecule has 0 aromatic heterocycles. The van der Waals surface area contributed by atoms with Crippen molar-refractivity contribution in [3.63, 3.8) is 0 Å². The molecule has 3 nitrogen and oxygen atoms in total. The molecule has 0 bridgehead atoms. The van der Waals surface area contributed by atoms with E-state index in [9.17, 15) is 4.79 Å². The fraction of sp³-hybridized carbons (Fsp3) is 0.923. The minimum Gasteiger partial charge on any atom is -0.459 e. The Morgan fingerprint density at radius 1 is 1.38 bits per heavy atom. The first-order valence-corrected chi connectivity index (χ1v) is 6.29. The van der Waals surface area contributed by atoms with Crippen LogP contribution in [0, 0.1) is 5.41 Å². The SMILES string of the molecule is CCC1(CNCC(=O)OC(C)(C)C)CCC1. The van der Waals surface area contributed by atoms with Crippen molar-refractivity contribution >= 4 is 5.97 Å². The van der Waals surface area contributed by atoms with Gasteiger partial charge >= 0.3 is 5.97 Å². The highest BCUT2D eigenvalue weighted by Crippen LogP contribution is 2.42. The number of ether oxygens (including phenoxy) is 1. The van der Waals surface area contributed by atoms with E-state index in [2.05, 4.69) is 12.2 Å². The number of nitrogens with one attached hydrogen (secondary N) is 1. The van der Waals surface area contributed by atoms with E-state index in [1.165, 1.54) is 25.7 Å². The van der Waals surface area contributed by atoms with Crippen LogP contribution < -0.4 is 5.32 Å². The average Bonchev–Trinajstić information content (AvgIpc) is 2.06. The molecule has 1 saturated carbocycles. The van der Waals surface area contributed by atoms with Gasteiger partial charge < -0.3 is 10.1 Å². The molecule has 1 aliphatic carbocycles. The molecule has 0 aliphatic heterocycles. The molecule has 0 unspecified atom stereocenters. The molecule has 94 valence electrons. The summed E-state index contributed by atoms with van der Waals surface area (Å²) in [6.45, 7) is 9.19. The third-order valence-electron chi connectivity index (χ3n) is 3.35. The van der Waals surface area contributed by atoms with Gasteiger partial charge in [-0.3, -0.25) is 4.79 Å². The Morgan fingerprint density at radius 3 is 2.38 bits per heavy atom. The first-order valence-electron chi connectivity index (χ1n) is 6.29. The third kappa shape index (κ3) is 4.12. The van der Waals surface area contributed by atoms with Gasteiger partial charge in [0.05, 0.1) is 6.54 Å². The highest BCUT2D eigenvalue weighted by Gasteiger charge is 2.34. The van der Waals surface area contributed by atoms with Crippen LogP contribution in [0.5, 0.6) is 0 Å². The molecular weight excluding hydrogens is 202 g/mol. The summed E-state index contributed by atoms with van der Waals surface area (Å²) in [5.41, 5.74) is 0.0830. The van der Waals surface area contributed by atoms with Gasteiger partial charge in [0.1, 0.15) is 5.60 Å². The van der Waals surface area contributed by atoms with Crippen LogP contribution in [0.2, 0.25) is 0 Å². The van der Waals surface area contributed by atoms with Crippen molar-refractivity contribution in [3.8, 4) is 0 Å². The van der Waals surface area contributed by atoms with Crippen LogP contribution >= 0.6 is 0 Å². The molecule has 0 spiro atoms. The summed E-state index contributed by atoms with van der Waals surface area (Å²) in [5.74, 6) is -0.155. The highest BCUT2D eigenvalue weighted by atomic mass is 16.6. The summed E-state index contributed by atoms with van der Waals surface area (Å²) >= 11 is 0. The Balaban J connectivity index is 2.18. The smallest absolute Gasteiger partial charge is 0.320 e. The summed E-state index contributed by atoms with van der Waals surface area (Å²) in [7, 11) is 0. The standard InChI is InChI=1S/C13H25NO2/c1-5-13(7-6-8-13)10-14-9-11(15)16-12(2,3)4/h14H,5-10H2,1-4H3. The predicted octanol–water partition coefficient (Wildman–Crippen LogP) is 2.50. The largest absolute Gasteiger partial charge is 0.459 e. The third-order valence-corrected chi connectivity index (χ3v) is 3.35. The summed E-state index contributed by atoms with van der Waals surface area (Å²) in [5, 5.41) is 3.23. The molecule has 3 heteroatoms. The van der Waals surface area contributed by atoms with Crippen molar-refractivity contribution in [2.24, 2.45) is 5.41 Å². The lowest BCUT2D eigenvalue weighted by Crippen LogP contribution is -2.42. The van der Waals surface area contributed by atoms with Gasteiger partial charge in [0.2, 0.25) is 0 Å². The van der Waals surface area contributed by atoms with Gasteiger partial charge in [0, 0.05) is 6.54 Å². The van der Waals surface area contributed by atoms with Crippen LogP contribution in [0.25, 0.3) is 0 Å². The van der Waals surface area contributed by atoms with Crippen molar-refractivity contribution in [3.05, 3.63) is 0 Å². The van der Waals surface area contributed by atoms with Gasteiger partial charge in [-0.05, 0) is 45.4 Å². The van der Waals surface area contributed by atoms with E-state index in [-0.39, 0.29) is 11.6 Å². The first kappa shape index (κ1) is 13.5. The Bertz CT molecular complexity index is 233. The van der Waals surface area contributed by atoms with Crippen molar-refractivity contribution in [1.82, 2.24) is 5.32 Å². The predicted molar refractivity (Wildman–Crippen MR) is 65.3 cm³/mol. The number of esters is 1. The molecule has 0 aromatic rings. The molecule has 1 fully saturated rings. The van der Waals surface area contributed by atoms with Crippen LogP contribution in [-0.4, -0.2) is 24.7 Å². The maximum absolute atomic E-state index is 11.5. The molecular formula is C13H25NO2. The number of carbonyl (C=O) groups excluding carboxylic acids is 1. The molecule has 0 radical (unpaired) electrons. The molecule has 0 aromatic carbocycles. The minimum absolute atomic E-state index is 0.155. The molecule has 1 N–H and O–H groups in total. The van der Waals surface area contributed by atoms with Gasteiger partial charge in [0.25, 0.3) is 0 Å². The molecule has 16 heavy (non-hydrogen) atoms. The first-order chi connectivity index (χ1) is 7.37. The van der Waals surface area contributed by atoms with Crippen LogP contribution in [0.15, 0.2) is 0 Å². The van der Waals surface area contributed by atoms with E-state index in [0.29, 0.717) is 12.0 Å². The minimum atomic E-state index is -0.377. The summed E-state index contributed by atoms with van der Waals surface area (Å²) in [4.78, 5) is 11.5. The Morgan fingerprint density at radius 2 is 2.00 bits per heavy atom. The molecule has 0 atom stereocenters. The second-order valence-electron chi connectivity index (χ2n) is 5.90. The van der Waals surface area contributed by atoms with E-state index in [1.54, 1.807) is 0 Å². The lowest BCUT2D eigenvalue weighted by atomic mass is 9.67. The summed E-state index contributed by atoms with van der Waals surface area (Å²) < 4.78 is 5.24. The van der Waals surface area contributed by atoms with E-state index in [0.717, 1.165) is 6.54 Å². The Kier molecular flexibility index (Phi) is 4.36. The van der Waals surface area contributed by atoms with Gasteiger partial charge in [-0.15, -0.1) is 0 Å². The summed E-state index contributed by atoms with van der Waals surface area (Å²) in [6.07, 6.45) is 5.13. The Labute approximate surface area is 98.9 Å². The van der Waals surface area contributed by atoms with Crippen molar-refractivity contribution < 1.29 is 9.53 Å². The topological polar surface area (TPSA) is 38.3 Å². The average molecular weight is 227 g/mol. The fourth-order valence-corrected chi connectivity index (χ4v) is 2.14. The highest BCUT2D eigenvalue weighted by molar-refractivity contribution is 5.72. The molecule has 0 saturated heterocycles. The molecule has 0 heterocycles. The molecule has 1 aliphatic rings. The van der Waals surface area contributed by atoms with Gasteiger partial charge in [-0.2, -0.15) is 0 Å². The van der Waals surface area contributed by atoms with Gasteiger partial charge in [0.15, 0.2) is 0 Å².